The van der Waals surface area contributed by atoms with Gasteiger partial charge in [0.1, 0.15) is 11.4 Å². The first kappa shape index (κ1) is 17.4. The summed E-state index contributed by atoms with van der Waals surface area (Å²) in [6.45, 7) is 2.04. The van der Waals surface area contributed by atoms with E-state index >= 15 is 0 Å². The largest absolute Gasteiger partial charge is 0.497 e. The molecular weight excluding hydrogens is 358 g/mol. The molecule has 0 fully saturated rings. The van der Waals surface area contributed by atoms with Crippen LogP contribution in [0.2, 0.25) is 0 Å². The normalized spacial score (nSPS) is 10.7. The molecule has 0 atom stereocenters. The fourth-order valence-corrected chi connectivity index (χ4v) is 3.85. The molecule has 0 saturated carbocycles. The Balaban J connectivity index is 1.80. The molecule has 0 aliphatic carbocycles. The van der Waals surface area contributed by atoms with Gasteiger partial charge in [-0.05, 0) is 24.0 Å². The first-order valence-electron chi connectivity index (χ1n) is 7.57. The number of nitrogens with zero attached hydrogens (tertiary/aromatic N) is 4. The van der Waals surface area contributed by atoms with Crippen molar-refractivity contribution in [2.75, 3.05) is 18.2 Å². The highest BCUT2D eigenvalue weighted by Crippen LogP contribution is 2.26. The zero-order valence-electron chi connectivity index (χ0n) is 14.0. The van der Waals surface area contributed by atoms with Gasteiger partial charge in [0.15, 0.2) is 4.34 Å². The number of nitrogens with one attached hydrogen (secondary N) is 1. The van der Waals surface area contributed by atoms with E-state index in [4.69, 9.17) is 4.74 Å². The van der Waals surface area contributed by atoms with Crippen molar-refractivity contribution < 1.29 is 9.53 Å². The molecule has 25 heavy (non-hydrogen) atoms. The van der Waals surface area contributed by atoms with Gasteiger partial charge >= 0.3 is 0 Å². The Morgan fingerprint density at radius 1 is 1.36 bits per heavy atom. The fourth-order valence-electron chi connectivity index (χ4n) is 2.21. The van der Waals surface area contributed by atoms with Gasteiger partial charge in [0, 0.05) is 12.6 Å². The molecule has 3 rings (SSSR count). The highest BCUT2D eigenvalue weighted by Gasteiger charge is 2.16. The van der Waals surface area contributed by atoms with Crippen LogP contribution >= 0.6 is 23.1 Å². The number of rotatable bonds is 6. The molecule has 0 bridgehead atoms. The molecule has 1 N–H and O–H groups in total. The van der Waals surface area contributed by atoms with E-state index in [-0.39, 0.29) is 5.91 Å². The SMILES string of the molecule is CCSc1nnc(NC(=O)c2cc(-c3cccc(OC)c3)nn2C)s1. The Morgan fingerprint density at radius 3 is 2.96 bits per heavy atom. The summed E-state index contributed by atoms with van der Waals surface area (Å²) in [5.74, 6) is 1.38. The number of ether oxygens (including phenoxy) is 1. The Morgan fingerprint density at radius 2 is 2.20 bits per heavy atom. The molecule has 1 aromatic carbocycles. The number of amides is 1. The van der Waals surface area contributed by atoms with E-state index in [9.17, 15) is 4.79 Å². The maximum atomic E-state index is 12.5. The minimum atomic E-state index is -0.270. The lowest BCUT2D eigenvalue weighted by atomic mass is 10.1. The smallest absolute Gasteiger partial charge is 0.275 e. The van der Waals surface area contributed by atoms with E-state index in [2.05, 4.69) is 20.6 Å². The van der Waals surface area contributed by atoms with Gasteiger partial charge in [0.25, 0.3) is 5.91 Å². The number of anilines is 1. The van der Waals surface area contributed by atoms with E-state index in [1.807, 2.05) is 31.2 Å². The van der Waals surface area contributed by atoms with E-state index in [1.165, 1.54) is 11.3 Å². The Labute approximate surface area is 153 Å². The van der Waals surface area contributed by atoms with E-state index in [0.29, 0.717) is 16.5 Å². The average Bonchev–Trinajstić information content (AvgIpc) is 3.22. The predicted octanol–water partition coefficient (Wildman–Crippen LogP) is 3.31. The Kier molecular flexibility index (Phi) is 5.34. The third-order valence-electron chi connectivity index (χ3n) is 3.37. The van der Waals surface area contributed by atoms with Crippen molar-refractivity contribution >= 4 is 34.1 Å². The number of carbonyl (C=O) groups excluding carboxylic acids is 1. The van der Waals surface area contributed by atoms with Crippen molar-refractivity contribution in [3.8, 4) is 17.0 Å². The summed E-state index contributed by atoms with van der Waals surface area (Å²) in [5, 5.41) is 15.7. The average molecular weight is 375 g/mol. The van der Waals surface area contributed by atoms with Gasteiger partial charge in [-0.3, -0.25) is 14.8 Å². The minimum absolute atomic E-state index is 0.270. The van der Waals surface area contributed by atoms with Gasteiger partial charge in [-0.1, -0.05) is 42.2 Å². The van der Waals surface area contributed by atoms with Gasteiger partial charge in [-0.25, -0.2) is 0 Å². The van der Waals surface area contributed by atoms with E-state index < -0.39 is 0 Å². The zero-order chi connectivity index (χ0) is 17.8. The quantitative estimate of drug-likeness (QED) is 0.526. The van der Waals surface area contributed by atoms with Gasteiger partial charge in [-0.2, -0.15) is 5.10 Å². The van der Waals surface area contributed by atoms with Crippen LogP contribution in [0.4, 0.5) is 5.13 Å². The first-order chi connectivity index (χ1) is 12.1. The van der Waals surface area contributed by atoms with Crippen LogP contribution in [-0.2, 0) is 7.05 Å². The molecule has 0 saturated heterocycles. The van der Waals surface area contributed by atoms with Crippen molar-refractivity contribution in [2.24, 2.45) is 7.05 Å². The van der Waals surface area contributed by atoms with Crippen molar-refractivity contribution in [2.45, 2.75) is 11.3 Å². The number of methoxy groups -OCH3 is 1. The molecule has 0 radical (unpaired) electrons. The van der Waals surface area contributed by atoms with Crippen LogP contribution in [0.5, 0.6) is 5.75 Å². The second-order valence-corrected chi connectivity index (χ2v) is 7.52. The van der Waals surface area contributed by atoms with Crippen LogP contribution < -0.4 is 10.1 Å². The molecule has 2 aromatic heterocycles. The van der Waals surface area contributed by atoms with Crippen LogP contribution in [-0.4, -0.2) is 38.7 Å². The monoisotopic (exact) mass is 375 g/mol. The van der Waals surface area contributed by atoms with Gasteiger partial charge in [0.05, 0.1) is 12.8 Å². The molecule has 0 unspecified atom stereocenters. The molecule has 1 amide bonds. The third-order valence-corrected chi connectivity index (χ3v) is 5.23. The Hall–Kier alpha value is -2.39. The number of carbonyl (C=O) groups is 1. The Bertz CT molecular complexity index is 890. The highest BCUT2D eigenvalue weighted by atomic mass is 32.2. The number of thioether (sulfide) groups is 1. The molecule has 0 aliphatic rings. The maximum absolute atomic E-state index is 12.5. The van der Waals surface area contributed by atoms with Crippen LogP contribution in [0.3, 0.4) is 0 Å². The minimum Gasteiger partial charge on any atom is -0.497 e. The van der Waals surface area contributed by atoms with E-state index in [0.717, 1.165) is 21.4 Å². The summed E-state index contributed by atoms with van der Waals surface area (Å²) in [4.78, 5) is 12.5. The second-order valence-electron chi connectivity index (χ2n) is 5.03. The lowest BCUT2D eigenvalue weighted by Crippen LogP contribution is -2.15. The molecule has 130 valence electrons. The summed E-state index contributed by atoms with van der Waals surface area (Å²) in [6, 6.07) is 9.29. The van der Waals surface area contributed by atoms with Gasteiger partial charge < -0.3 is 4.74 Å². The standard InChI is InChI=1S/C16H17N5O2S2/c1-4-24-16-19-18-15(25-16)17-14(22)13-9-12(20-21(13)2)10-6-5-7-11(8-10)23-3/h5-9H,4H2,1-3H3,(H,17,18,22). The first-order valence-corrected chi connectivity index (χ1v) is 9.37. The second kappa shape index (κ2) is 7.66. The number of aryl methyl sites for hydroxylation is 1. The molecule has 2 heterocycles. The summed E-state index contributed by atoms with van der Waals surface area (Å²) in [6.07, 6.45) is 0. The lowest BCUT2D eigenvalue weighted by molar-refractivity contribution is 0.101. The van der Waals surface area contributed by atoms with Crippen molar-refractivity contribution in [1.29, 1.82) is 0 Å². The predicted molar refractivity (Wildman–Crippen MR) is 99.5 cm³/mol. The lowest BCUT2D eigenvalue weighted by Gasteiger charge is -2.01. The summed E-state index contributed by atoms with van der Waals surface area (Å²) in [5.41, 5.74) is 2.02. The molecule has 0 spiro atoms. The summed E-state index contributed by atoms with van der Waals surface area (Å²) < 4.78 is 7.61. The van der Waals surface area contributed by atoms with Crippen LogP contribution in [0.15, 0.2) is 34.7 Å². The highest BCUT2D eigenvalue weighted by molar-refractivity contribution is 8.01. The summed E-state index contributed by atoms with van der Waals surface area (Å²) >= 11 is 2.95. The van der Waals surface area contributed by atoms with Crippen LogP contribution in [0.1, 0.15) is 17.4 Å². The van der Waals surface area contributed by atoms with Crippen LogP contribution in [0, 0.1) is 0 Å². The van der Waals surface area contributed by atoms with Crippen molar-refractivity contribution in [1.82, 2.24) is 20.0 Å². The van der Waals surface area contributed by atoms with E-state index in [1.54, 1.807) is 36.7 Å². The molecule has 9 heteroatoms. The van der Waals surface area contributed by atoms with Crippen LogP contribution in [0.25, 0.3) is 11.3 Å². The zero-order valence-corrected chi connectivity index (χ0v) is 15.6. The topological polar surface area (TPSA) is 81.9 Å². The maximum Gasteiger partial charge on any atom is 0.275 e. The molecule has 0 aliphatic heterocycles. The van der Waals surface area contributed by atoms with Crippen molar-refractivity contribution in [3.05, 3.63) is 36.0 Å². The number of hydrogen-bond donors (Lipinski definition) is 1. The van der Waals surface area contributed by atoms with Gasteiger partial charge in [0.2, 0.25) is 5.13 Å². The number of aromatic nitrogens is 4. The number of benzene rings is 1. The molecular formula is C16H17N5O2S2. The number of hydrogen-bond acceptors (Lipinski definition) is 7. The molecule has 7 nitrogen and oxygen atoms in total. The third kappa shape index (κ3) is 3.99. The van der Waals surface area contributed by atoms with Gasteiger partial charge in [-0.15, -0.1) is 10.2 Å². The van der Waals surface area contributed by atoms with Crippen molar-refractivity contribution in [3.63, 3.8) is 0 Å². The molecule has 3 aromatic rings. The fraction of sp³-hybridized carbons (Fsp3) is 0.250. The summed E-state index contributed by atoms with van der Waals surface area (Å²) in [7, 11) is 3.35.